The number of hydrogen-bond donors (Lipinski definition) is 2. The second-order valence-electron chi connectivity index (χ2n) is 9.23. The number of para-hydroxylation sites is 1. The first-order chi connectivity index (χ1) is 17.4. The molecule has 2 heterocycles. The van der Waals surface area contributed by atoms with E-state index in [9.17, 15) is 14.7 Å². The minimum atomic E-state index is -1.08. The highest BCUT2D eigenvalue weighted by molar-refractivity contribution is 8.05. The van der Waals surface area contributed by atoms with Gasteiger partial charge in [-0.15, -0.1) is 0 Å². The number of halogens is 1. The predicted molar refractivity (Wildman–Crippen MR) is 144 cm³/mol. The van der Waals surface area contributed by atoms with Crippen molar-refractivity contribution in [3.8, 4) is 11.3 Å². The summed E-state index contributed by atoms with van der Waals surface area (Å²) in [4.78, 5) is 27.5. The summed E-state index contributed by atoms with van der Waals surface area (Å²) < 4.78 is 6.00. The summed E-state index contributed by atoms with van der Waals surface area (Å²) in [6.07, 6.45) is 6.26. The predicted octanol–water partition coefficient (Wildman–Crippen LogP) is 7.19. The third-order valence-electron chi connectivity index (χ3n) is 6.81. The molecule has 0 radical (unpaired) electrons. The van der Waals surface area contributed by atoms with Crippen LogP contribution in [0.15, 0.2) is 70.0 Å². The molecule has 2 fully saturated rings. The molecule has 1 aliphatic heterocycles. The van der Waals surface area contributed by atoms with Crippen molar-refractivity contribution < 1.29 is 19.1 Å². The number of rotatable bonds is 6. The van der Waals surface area contributed by atoms with Gasteiger partial charge in [-0.25, -0.2) is 4.79 Å². The van der Waals surface area contributed by atoms with E-state index >= 15 is 0 Å². The highest BCUT2D eigenvalue weighted by Crippen LogP contribution is 2.42. The second-order valence-corrected chi connectivity index (χ2v) is 10.8. The van der Waals surface area contributed by atoms with Crippen LogP contribution in [0.4, 0.5) is 5.69 Å². The van der Waals surface area contributed by atoms with Crippen LogP contribution in [0.2, 0.25) is 5.02 Å². The maximum absolute atomic E-state index is 13.7. The molecular formula is C28H27ClN2O4S. The largest absolute Gasteiger partial charge is 0.478 e. The molecule has 186 valence electrons. The SMILES string of the molecule is C[C@@H]1CCCC[C@H]1N1C(=O)/C(=C/c2ccc(-c3ccc(C(=O)O)c(Cl)c3)o2)SC1Nc1ccccc1. The Morgan fingerprint density at radius 3 is 2.64 bits per heavy atom. The smallest absolute Gasteiger partial charge is 0.337 e. The van der Waals surface area contributed by atoms with Crippen LogP contribution in [0.3, 0.4) is 0 Å². The number of carboxylic acids is 1. The van der Waals surface area contributed by atoms with Crippen molar-refractivity contribution in [2.45, 2.75) is 44.1 Å². The van der Waals surface area contributed by atoms with Crippen LogP contribution < -0.4 is 5.32 Å². The molecule has 2 aliphatic rings. The van der Waals surface area contributed by atoms with E-state index in [1.165, 1.54) is 24.2 Å². The van der Waals surface area contributed by atoms with Crippen molar-refractivity contribution in [1.29, 1.82) is 0 Å². The standard InChI is InChI=1S/C28H27ClN2O4S/c1-17-7-5-6-10-23(17)31-26(32)25(36-28(31)30-19-8-3-2-4-9-19)16-20-12-14-24(35-20)18-11-13-21(27(33)34)22(29)15-18/h2-4,8-9,11-17,23,28,30H,5-7,10H2,1H3,(H,33,34)/b25-16-/t17-,23-,28?/m1/s1. The van der Waals surface area contributed by atoms with Crippen LogP contribution in [0, 0.1) is 5.92 Å². The van der Waals surface area contributed by atoms with E-state index < -0.39 is 5.97 Å². The molecule has 6 nitrogen and oxygen atoms in total. The number of carboxylic acid groups (broad SMARTS) is 1. The lowest BCUT2D eigenvalue weighted by Gasteiger charge is -2.39. The first-order valence-electron chi connectivity index (χ1n) is 12.1. The number of furan rings is 1. The van der Waals surface area contributed by atoms with Crippen molar-refractivity contribution in [3.05, 3.63) is 81.9 Å². The molecule has 2 N–H and O–H groups in total. The Morgan fingerprint density at radius 2 is 1.92 bits per heavy atom. The number of carbonyl (C=O) groups is 2. The molecule has 36 heavy (non-hydrogen) atoms. The molecule has 1 amide bonds. The normalized spacial score (nSPS) is 23.3. The van der Waals surface area contributed by atoms with E-state index in [0.717, 1.165) is 24.9 Å². The zero-order chi connectivity index (χ0) is 25.2. The maximum Gasteiger partial charge on any atom is 0.337 e. The topological polar surface area (TPSA) is 82.8 Å². The molecular weight excluding hydrogens is 496 g/mol. The summed E-state index contributed by atoms with van der Waals surface area (Å²) in [5.41, 5.74) is 1.48. The Hall–Kier alpha value is -3.16. The van der Waals surface area contributed by atoms with E-state index in [1.807, 2.05) is 35.2 Å². The third kappa shape index (κ3) is 5.04. The van der Waals surface area contributed by atoms with Crippen molar-refractivity contribution in [1.82, 2.24) is 4.90 Å². The van der Waals surface area contributed by atoms with Gasteiger partial charge in [0, 0.05) is 23.4 Å². The van der Waals surface area contributed by atoms with E-state index in [4.69, 9.17) is 16.0 Å². The first kappa shape index (κ1) is 24.5. The molecule has 8 heteroatoms. The van der Waals surface area contributed by atoms with Crippen LogP contribution in [0.1, 0.15) is 48.7 Å². The van der Waals surface area contributed by atoms with E-state index in [0.29, 0.717) is 27.9 Å². The number of carbonyl (C=O) groups excluding carboxylic acids is 1. The molecule has 1 saturated carbocycles. The molecule has 0 spiro atoms. The Bertz CT molecular complexity index is 1310. The van der Waals surface area contributed by atoms with Gasteiger partial charge < -0.3 is 19.7 Å². The monoisotopic (exact) mass is 522 g/mol. The lowest BCUT2D eigenvalue weighted by atomic mass is 9.85. The van der Waals surface area contributed by atoms with Gasteiger partial charge in [-0.05, 0) is 55.2 Å². The van der Waals surface area contributed by atoms with Gasteiger partial charge in [-0.1, -0.05) is 67.4 Å². The minimum absolute atomic E-state index is 0.0130. The summed E-state index contributed by atoms with van der Waals surface area (Å²) in [7, 11) is 0. The van der Waals surface area contributed by atoms with E-state index in [2.05, 4.69) is 12.2 Å². The lowest BCUT2D eigenvalue weighted by Crippen LogP contribution is -2.48. The fourth-order valence-corrected chi connectivity index (χ4v) is 6.38. The fraction of sp³-hybridized carbons (Fsp3) is 0.286. The summed E-state index contributed by atoms with van der Waals surface area (Å²) in [6, 6.07) is 18.4. The Labute approximate surface area is 219 Å². The first-order valence-corrected chi connectivity index (χ1v) is 13.3. The molecule has 1 aromatic heterocycles. The van der Waals surface area contributed by atoms with Gasteiger partial charge in [0.25, 0.3) is 5.91 Å². The summed E-state index contributed by atoms with van der Waals surface area (Å²) >= 11 is 7.63. The van der Waals surface area contributed by atoms with Crippen LogP contribution in [0.5, 0.6) is 0 Å². The average Bonchev–Trinajstić information content (AvgIpc) is 3.45. The number of aromatic carboxylic acids is 1. The van der Waals surface area contributed by atoms with Gasteiger partial charge in [0.2, 0.25) is 0 Å². The molecule has 1 saturated heterocycles. The van der Waals surface area contributed by atoms with Gasteiger partial charge in [0.1, 0.15) is 11.5 Å². The van der Waals surface area contributed by atoms with Gasteiger partial charge in [-0.3, -0.25) is 4.79 Å². The number of nitrogens with zero attached hydrogens (tertiary/aromatic N) is 1. The van der Waals surface area contributed by atoms with Gasteiger partial charge in [0.05, 0.1) is 15.5 Å². The highest BCUT2D eigenvalue weighted by atomic mass is 35.5. The van der Waals surface area contributed by atoms with Gasteiger partial charge in [-0.2, -0.15) is 0 Å². The molecule has 0 bridgehead atoms. The number of hydrogen-bond acceptors (Lipinski definition) is 5. The lowest BCUT2D eigenvalue weighted by molar-refractivity contribution is -0.129. The number of thioether (sulfide) groups is 1. The molecule has 1 unspecified atom stereocenters. The van der Waals surface area contributed by atoms with Gasteiger partial charge >= 0.3 is 5.97 Å². The minimum Gasteiger partial charge on any atom is -0.478 e. The van der Waals surface area contributed by atoms with Crippen LogP contribution >= 0.6 is 23.4 Å². The van der Waals surface area contributed by atoms with Crippen LogP contribution in [-0.2, 0) is 4.79 Å². The summed E-state index contributed by atoms with van der Waals surface area (Å²) in [6.45, 7) is 2.24. The number of anilines is 1. The van der Waals surface area contributed by atoms with Crippen molar-refractivity contribution in [2.24, 2.45) is 5.92 Å². The quantitative estimate of drug-likeness (QED) is 0.333. The average molecular weight is 523 g/mol. The zero-order valence-corrected chi connectivity index (χ0v) is 21.4. The third-order valence-corrected chi connectivity index (χ3v) is 8.24. The zero-order valence-electron chi connectivity index (χ0n) is 19.8. The summed E-state index contributed by atoms with van der Waals surface area (Å²) in [5, 5.41) is 12.9. The van der Waals surface area contributed by atoms with Crippen LogP contribution in [-0.4, -0.2) is 33.4 Å². The number of amides is 1. The van der Waals surface area contributed by atoms with Gasteiger partial charge in [0.15, 0.2) is 5.50 Å². The molecule has 3 aromatic rings. The molecule has 5 rings (SSSR count). The van der Waals surface area contributed by atoms with Crippen molar-refractivity contribution in [2.75, 3.05) is 5.32 Å². The summed E-state index contributed by atoms with van der Waals surface area (Å²) in [5.74, 6) is 0.475. The van der Waals surface area contributed by atoms with Crippen LogP contribution in [0.25, 0.3) is 17.4 Å². The highest BCUT2D eigenvalue weighted by Gasteiger charge is 2.43. The van der Waals surface area contributed by atoms with Crippen molar-refractivity contribution >= 4 is 47.0 Å². The van der Waals surface area contributed by atoms with E-state index in [-0.39, 0.29) is 28.0 Å². The number of benzene rings is 2. The maximum atomic E-state index is 13.7. The fourth-order valence-electron chi connectivity index (χ4n) is 4.92. The Balaban J connectivity index is 1.42. The molecule has 2 aromatic carbocycles. The molecule has 1 aliphatic carbocycles. The molecule has 3 atom stereocenters. The Morgan fingerprint density at radius 1 is 1.14 bits per heavy atom. The Kier molecular flexibility index (Phi) is 7.12. The van der Waals surface area contributed by atoms with E-state index in [1.54, 1.807) is 30.3 Å². The second kappa shape index (κ2) is 10.4. The number of nitrogens with one attached hydrogen (secondary N) is 1. The van der Waals surface area contributed by atoms with Crippen molar-refractivity contribution in [3.63, 3.8) is 0 Å².